The van der Waals surface area contributed by atoms with Crippen LogP contribution in [0.1, 0.15) is 18.9 Å². The van der Waals surface area contributed by atoms with Crippen molar-refractivity contribution in [3.8, 4) is 0 Å². The fourth-order valence-electron chi connectivity index (χ4n) is 2.84. The van der Waals surface area contributed by atoms with Gasteiger partial charge in [0.25, 0.3) is 0 Å². The molecule has 74 valence electrons. The molecule has 0 spiro atoms. The van der Waals surface area contributed by atoms with Crippen LogP contribution in [0.2, 0.25) is 0 Å². The topological polar surface area (TPSA) is 3.24 Å². The minimum atomic E-state index is 0.820. The number of piperidine rings is 1. The van der Waals surface area contributed by atoms with E-state index >= 15 is 0 Å². The molecule has 1 aliphatic carbocycles. The van der Waals surface area contributed by atoms with Crippen LogP contribution in [0.25, 0.3) is 0 Å². The lowest BCUT2D eigenvalue weighted by Crippen LogP contribution is -2.29. The SMILES string of the molecule is CC1C2CC2CN1Cc1ccccc1. The highest BCUT2D eigenvalue weighted by Crippen LogP contribution is 2.49. The van der Waals surface area contributed by atoms with E-state index in [1.165, 1.54) is 18.5 Å². The van der Waals surface area contributed by atoms with Crippen molar-refractivity contribution in [1.29, 1.82) is 0 Å². The predicted molar refractivity (Wildman–Crippen MR) is 57.9 cm³/mol. The van der Waals surface area contributed by atoms with Gasteiger partial charge in [-0.05, 0) is 30.7 Å². The number of rotatable bonds is 2. The fraction of sp³-hybridized carbons (Fsp3) is 0.538. The first kappa shape index (κ1) is 8.49. The van der Waals surface area contributed by atoms with Gasteiger partial charge in [0.15, 0.2) is 0 Å². The average Bonchev–Trinajstić information content (AvgIpc) is 2.91. The van der Waals surface area contributed by atoms with Gasteiger partial charge in [0.2, 0.25) is 0 Å². The number of fused-ring (bicyclic) bond motifs is 1. The van der Waals surface area contributed by atoms with Crippen molar-refractivity contribution in [2.24, 2.45) is 11.8 Å². The van der Waals surface area contributed by atoms with Gasteiger partial charge in [-0.1, -0.05) is 30.3 Å². The highest BCUT2D eigenvalue weighted by Gasteiger charge is 2.49. The minimum absolute atomic E-state index is 0.820. The quantitative estimate of drug-likeness (QED) is 0.687. The van der Waals surface area contributed by atoms with Crippen LogP contribution in [-0.4, -0.2) is 17.5 Å². The number of nitrogens with zero attached hydrogens (tertiary/aromatic N) is 1. The van der Waals surface area contributed by atoms with Gasteiger partial charge in [0.1, 0.15) is 0 Å². The second-order valence-corrected chi connectivity index (χ2v) is 4.82. The van der Waals surface area contributed by atoms with Crippen molar-refractivity contribution < 1.29 is 0 Å². The zero-order chi connectivity index (χ0) is 9.54. The summed E-state index contributed by atoms with van der Waals surface area (Å²) in [6.07, 6.45) is 1.49. The Kier molecular flexibility index (Phi) is 1.88. The lowest BCUT2D eigenvalue weighted by atomic mass is 10.2. The summed E-state index contributed by atoms with van der Waals surface area (Å²) in [4.78, 5) is 2.63. The van der Waals surface area contributed by atoms with Crippen molar-refractivity contribution >= 4 is 0 Å². The van der Waals surface area contributed by atoms with Gasteiger partial charge in [0.05, 0.1) is 0 Å². The summed E-state index contributed by atoms with van der Waals surface area (Å²) in [6.45, 7) is 4.87. The van der Waals surface area contributed by atoms with Gasteiger partial charge < -0.3 is 0 Å². The summed E-state index contributed by atoms with van der Waals surface area (Å²) in [6, 6.07) is 11.6. The largest absolute Gasteiger partial charge is 0.296 e. The lowest BCUT2D eigenvalue weighted by molar-refractivity contribution is 0.225. The van der Waals surface area contributed by atoms with Gasteiger partial charge in [-0.25, -0.2) is 0 Å². The number of hydrogen-bond donors (Lipinski definition) is 0. The summed E-state index contributed by atoms with van der Waals surface area (Å²) in [5.41, 5.74) is 1.46. The van der Waals surface area contributed by atoms with Crippen LogP contribution in [0.15, 0.2) is 30.3 Å². The van der Waals surface area contributed by atoms with E-state index in [0.29, 0.717) is 0 Å². The molecule has 1 saturated carbocycles. The summed E-state index contributed by atoms with van der Waals surface area (Å²) in [7, 11) is 0. The molecule has 3 rings (SSSR count). The number of hydrogen-bond acceptors (Lipinski definition) is 1. The summed E-state index contributed by atoms with van der Waals surface area (Å²) in [5.74, 6) is 2.06. The first-order valence-corrected chi connectivity index (χ1v) is 5.62. The third-order valence-corrected chi connectivity index (χ3v) is 3.87. The lowest BCUT2D eigenvalue weighted by Gasteiger charge is -2.23. The molecule has 2 aliphatic rings. The summed E-state index contributed by atoms with van der Waals surface area (Å²) in [5, 5.41) is 0. The maximum atomic E-state index is 2.63. The molecule has 0 radical (unpaired) electrons. The van der Waals surface area contributed by atoms with E-state index in [4.69, 9.17) is 0 Å². The van der Waals surface area contributed by atoms with E-state index in [1.807, 2.05) is 0 Å². The normalized spacial score (nSPS) is 35.6. The second-order valence-electron chi connectivity index (χ2n) is 4.82. The third-order valence-electron chi connectivity index (χ3n) is 3.87. The van der Waals surface area contributed by atoms with E-state index in [2.05, 4.69) is 42.2 Å². The van der Waals surface area contributed by atoms with E-state index in [-0.39, 0.29) is 0 Å². The molecule has 0 aromatic heterocycles. The zero-order valence-corrected chi connectivity index (χ0v) is 8.69. The van der Waals surface area contributed by atoms with Gasteiger partial charge in [-0.2, -0.15) is 0 Å². The minimum Gasteiger partial charge on any atom is -0.296 e. The van der Waals surface area contributed by atoms with E-state index < -0.39 is 0 Å². The van der Waals surface area contributed by atoms with Crippen molar-refractivity contribution in [3.05, 3.63) is 35.9 Å². The van der Waals surface area contributed by atoms with Crippen molar-refractivity contribution in [3.63, 3.8) is 0 Å². The Labute approximate surface area is 85.7 Å². The smallest absolute Gasteiger partial charge is 0.0236 e. The van der Waals surface area contributed by atoms with E-state index in [9.17, 15) is 0 Å². The van der Waals surface area contributed by atoms with Crippen LogP contribution in [0, 0.1) is 11.8 Å². The van der Waals surface area contributed by atoms with Gasteiger partial charge in [-0.3, -0.25) is 4.90 Å². The molecule has 1 aromatic rings. The first-order valence-electron chi connectivity index (χ1n) is 5.62. The van der Waals surface area contributed by atoms with Crippen molar-refractivity contribution in [1.82, 2.24) is 4.90 Å². The molecule has 0 bridgehead atoms. The molecule has 1 nitrogen and oxygen atoms in total. The Bertz CT molecular complexity index is 319. The van der Waals surface area contributed by atoms with Crippen LogP contribution in [0.5, 0.6) is 0 Å². The van der Waals surface area contributed by atoms with Crippen LogP contribution < -0.4 is 0 Å². The molecule has 0 amide bonds. The number of likely N-dealkylation sites (tertiary alicyclic amines) is 1. The molecule has 1 saturated heterocycles. The Balaban J connectivity index is 1.68. The molecule has 1 aromatic carbocycles. The molecule has 3 atom stereocenters. The van der Waals surface area contributed by atoms with Crippen LogP contribution >= 0.6 is 0 Å². The molecular weight excluding hydrogens is 170 g/mol. The van der Waals surface area contributed by atoms with E-state index in [1.54, 1.807) is 0 Å². The highest BCUT2D eigenvalue weighted by atomic mass is 15.2. The Hall–Kier alpha value is -0.820. The Morgan fingerprint density at radius 3 is 2.71 bits per heavy atom. The monoisotopic (exact) mass is 187 g/mol. The number of benzene rings is 1. The van der Waals surface area contributed by atoms with Gasteiger partial charge >= 0.3 is 0 Å². The molecule has 1 aliphatic heterocycles. The van der Waals surface area contributed by atoms with Crippen LogP contribution in [0.3, 0.4) is 0 Å². The molecule has 3 unspecified atom stereocenters. The third kappa shape index (κ3) is 1.36. The maximum absolute atomic E-state index is 2.63. The van der Waals surface area contributed by atoms with E-state index in [0.717, 1.165) is 24.4 Å². The van der Waals surface area contributed by atoms with Crippen LogP contribution in [-0.2, 0) is 6.54 Å². The average molecular weight is 187 g/mol. The van der Waals surface area contributed by atoms with Crippen LogP contribution in [0.4, 0.5) is 0 Å². The standard InChI is InChI=1S/C13H17N/c1-10-13-7-12(13)9-14(10)8-11-5-3-2-4-6-11/h2-6,10,12-13H,7-9H2,1H3. The molecule has 14 heavy (non-hydrogen) atoms. The zero-order valence-electron chi connectivity index (χ0n) is 8.69. The maximum Gasteiger partial charge on any atom is 0.0236 e. The molecular formula is C13H17N. The highest BCUT2D eigenvalue weighted by molar-refractivity contribution is 5.15. The van der Waals surface area contributed by atoms with Crippen molar-refractivity contribution in [2.45, 2.75) is 25.9 Å². The predicted octanol–water partition coefficient (Wildman–Crippen LogP) is 2.53. The second kappa shape index (κ2) is 3.09. The summed E-state index contributed by atoms with van der Waals surface area (Å²) < 4.78 is 0. The van der Waals surface area contributed by atoms with Crippen molar-refractivity contribution in [2.75, 3.05) is 6.54 Å². The molecule has 1 heteroatoms. The Morgan fingerprint density at radius 1 is 1.29 bits per heavy atom. The Morgan fingerprint density at radius 2 is 2.07 bits per heavy atom. The van der Waals surface area contributed by atoms with Gasteiger partial charge in [-0.15, -0.1) is 0 Å². The molecule has 0 N–H and O–H groups in total. The molecule has 2 fully saturated rings. The first-order chi connectivity index (χ1) is 6.84. The fourth-order valence-corrected chi connectivity index (χ4v) is 2.84. The summed E-state index contributed by atoms with van der Waals surface area (Å²) >= 11 is 0. The molecule has 1 heterocycles. The van der Waals surface area contributed by atoms with Gasteiger partial charge in [0, 0.05) is 19.1 Å².